The Morgan fingerprint density at radius 1 is 1.36 bits per heavy atom. The Kier molecular flexibility index (Phi) is 5.20. The smallest absolute Gasteiger partial charge is 0.259 e. The maximum Gasteiger partial charge on any atom is 0.259 e. The minimum atomic E-state index is 0.0454. The molecule has 3 heterocycles. The van der Waals surface area contributed by atoms with Gasteiger partial charge < -0.3 is 14.5 Å². The van der Waals surface area contributed by atoms with Crippen LogP contribution in [0.15, 0.2) is 18.3 Å². The average molecular weight is 321 g/mol. The van der Waals surface area contributed by atoms with Crippen LogP contribution in [-0.4, -0.2) is 71.5 Å². The quantitative estimate of drug-likeness (QED) is 0.849. The summed E-state index contributed by atoms with van der Waals surface area (Å²) in [5, 5.41) is 0. The van der Waals surface area contributed by atoms with Gasteiger partial charge in [0.25, 0.3) is 5.91 Å². The van der Waals surface area contributed by atoms with Crippen molar-refractivity contribution in [2.24, 2.45) is 0 Å². The summed E-state index contributed by atoms with van der Waals surface area (Å²) >= 11 is 1.89. The molecule has 6 heteroatoms. The lowest BCUT2D eigenvalue weighted by Crippen LogP contribution is -2.35. The second kappa shape index (κ2) is 7.33. The number of pyridine rings is 1. The van der Waals surface area contributed by atoms with E-state index in [2.05, 4.69) is 16.9 Å². The SMILES string of the molecule is CN1CCCN(C(=O)c2cccnc2OC2CCSC2)CC1. The first-order chi connectivity index (χ1) is 10.7. The number of carbonyl (C=O) groups is 1. The molecule has 0 spiro atoms. The van der Waals surface area contributed by atoms with Gasteiger partial charge in [0.15, 0.2) is 0 Å². The summed E-state index contributed by atoms with van der Waals surface area (Å²) in [5.74, 6) is 2.65. The Bertz CT molecular complexity index is 520. The molecule has 0 radical (unpaired) electrons. The first-order valence-corrected chi connectivity index (χ1v) is 9.07. The Labute approximate surface area is 136 Å². The third-order valence-electron chi connectivity index (χ3n) is 4.17. The third kappa shape index (κ3) is 3.73. The number of nitrogens with zero attached hydrogens (tertiary/aromatic N) is 3. The molecule has 120 valence electrons. The molecule has 2 fully saturated rings. The van der Waals surface area contributed by atoms with Crippen LogP contribution in [0.3, 0.4) is 0 Å². The highest BCUT2D eigenvalue weighted by Gasteiger charge is 2.25. The van der Waals surface area contributed by atoms with Crippen molar-refractivity contribution in [2.45, 2.75) is 18.9 Å². The molecule has 3 rings (SSSR count). The van der Waals surface area contributed by atoms with Crippen LogP contribution in [0.4, 0.5) is 0 Å². The molecule has 5 nitrogen and oxygen atoms in total. The highest BCUT2D eigenvalue weighted by molar-refractivity contribution is 7.99. The number of thioether (sulfide) groups is 1. The number of hydrogen-bond acceptors (Lipinski definition) is 5. The highest BCUT2D eigenvalue weighted by Crippen LogP contribution is 2.25. The fraction of sp³-hybridized carbons (Fsp3) is 0.625. The Morgan fingerprint density at radius 2 is 2.27 bits per heavy atom. The van der Waals surface area contributed by atoms with Gasteiger partial charge in [-0.3, -0.25) is 4.79 Å². The molecule has 1 aromatic heterocycles. The average Bonchev–Trinajstić information content (AvgIpc) is 2.94. The third-order valence-corrected chi connectivity index (χ3v) is 5.31. The van der Waals surface area contributed by atoms with Crippen LogP contribution in [0.1, 0.15) is 23.2 Å². The molecule has 0 aromatic carbocycles. The molecule has 0 bridgehead atoms. The number of rotatable bonds is 3. The van der Waals surface area contributed by atoms with Gasteiger partial charge in [0.05, 0.1) is 0 Å². The summed E-state index contributed by atoms with van der Waals surface area (Å²) in [4.78, 5) is 21.3. The Morgan fingerprint density at radius 3 is 3.09 bits per heavy atom. The lowest BCUT2D eigenvalue weighted by atomic mass is 10.2. The van der Waals surface area contributed by atoms with Gasteiger partial charge in [-0.25, -0.2) is 4.98 Å². The maximum absolute atomic E-state index is 12.8. The minimum absolute atomic E-state index is 0.0454. The van der Waals surface area contributed by atoms with Crippen LogP contribution < -0.4 is 4.74 Å². The van der Waals surface area contributed by atoms with Crippen LogP contribution in [0.2, 0.25) is 0 Å². The van der Waals surface area contributed by atoms with E-state index in [0.29, 0.717) is 11.4 Å². The van der Waals surface area contributed by atoms with E-state index in [9.17, 15) is 4.79 Å². The van der Waals surface area contributed by atoms with Gasteiger partial charge in [-0.1, -0.05) is 0 Å². The highest BCUT2D eigenvalue weighted by atomic mass is 32.2. The fourth-order valence-corrected chi connectivity index (χ4v) is 3.92. The van der Waals surface area contributed by atoms with Gasteiger partial charge in [0.2, 0.25) is 5.88 Å². The van der Waals surface area contributed by atoms with Gasteiger partial charge in [0, 0.05) is 31.6 Å². The molecule has 1 aromatic rings. The summed E-state index contributed by atoms with van der Waals surface area (Å²) in [5.41, 5.74) is 0.601. The van der Waals surface area contributed by atoms with E-state index in [1.807, 2.05) is 28.8 Å². The van der Waals surface area contributed by atoms with E-state index in [1.165, 1.54) is 0 Å². The van der Waals surface area contributed by atoms with E-state index < -0.39 is 0 Å². The van der Waals surface area contributed by atoms with E-state index >= 15 is 0 Å². The molecule has 0 aliphatic carbocycles. The van der Waals surface area contributed by atoms with E-state index in [-0.39, 0.29) is 12.0 Å². The summed E-state index contributed by atoms with van der Waals surface area (Å²) in [6.07, 6.45) is 3.92. The van der Waals surface area contributed by atoms with Crippen LogP contribution in [0.25, 0.3) is 0 Å². The largest absolute Gasteiger partial charge is 0.473 e. The second-order valence-electron chi connectivity index (χ2n) is 5.91. The van der Waals surface area contributed by atoms with Crippen LogP contribution in [-0.2, 0) is 0 Å². The Hall–Kier alpha value is -1.27. The number of aromatic nitrogens is 1. The van der Waals surface area contributed by atoms with E-state index in [1.54, 1.807) is 6.20 Å². The fourth-order valence-electron chi connectivity index (χ4n) is 2.83. The monoisotopic (exact) mass is 321 g/mol. The molecular weight excluding hydrogens is 298 g/mol. The first kappa shape index (κ1) is 15.6. The second-order valence-corrected chi connectivity index (χ2v) is 7.06. The predicted octanol–water partition coefficient (Wildman–Crippen LogP) is 1.74. The van der Waals surface area contributed by atoms with Crippen molar-refractivity contribution >= 4 is 17.7 Å². The minimum Gasteiger partial charge on any atom is -0.473 e. The van der Waals surface area contributed by atoms with Crippen LogP contribution in [0, 0.1) is 0 Å². The number of carbonyl (C=O) groups excluding carboxylic acids is 1. The molecule has 0 N–H and O–H groups in total. The molecule has 1 unspecified atom stereocenters. The molecular formula is C16H23N3O2S. The molecule has 2 aliphatic rings. The van der Waals surface area contributed by atoms with Crippen molar-refractivity contribution in [1.29, 1.82) is 0 Å². The lowest BCUT2D eigenvalue weighted by Gasteiger charge is -2.22. The van der Waals surface area contributed by atoms with Crippen molar-refractivity contribution < 1.29 is 9.53 Å². The lowest BCUT2D eigenvalue weighted by molar-refractivity contribution is 0.0754. The first-order valence-electron chi connectivity index (χ1n) is 7.91. The summed E-state index contributed by atoms with van der Waals surface area (Å²) < 4.78 is 5.98. The predicted molar refractivity (Wildman–Crippen MR) is 88.6 cm³/mol. The molecule has 2 aliphatic heterocycles. The van der Waals surface area contributed by atoms with Crippen molar-refractivity contribution in [3.05, 3.63) is 23.9 Å². The van der Waals surface area contributed by atoms with Crippen LogP contribution in [0.5, 0.6) is 5.88 Å². The van der Waals surface area contributed by atoms with Gasteiger partial charge in [0.1, 0.15) is 11.7 Å². The molecule has 1 atom stereocenters. The van der Waals surface area contributed by atoms with Crippen molar-refractivity contribution in [2.75, 3.05) is 44.7 Å². The van der Waals surface area contributed by atoms with Crippen LogP contribution >= 0.6 is 11.8 Å². The van der Waals surface area contributed by atoms with Gasteiger partial charge in [-0.05, 0) is 44.3 Å². The molecule has 1 amide bonds. The summed E-state index contributed by atoms with van der Waals surface area (Å²) in [7, 11) is 2.10. The zero-order valence-electron chi connectivity index (χ0n) is 13.0. The van der Waals surface area contributed by atoms with Crippen molar-refractivity contribution in [1.82, 2.24) is 14.8 Å². The zero-order chi connectivity index (χ0) is 15.4. The normalized spacial score (nSPS) is 23.3. The zero-order valence-corrected chi connectivity index (χ0v) is 13.8. The van der Waals surface area contributed by atoms with Gasteiger partial charge in [-0.15, -0.1) is 0 Å². The summed E-state index contributed by atoms with van der Waals surface area (Å²) in [6, 6.07) is 3.65. The van der Waals surface area contributed by atoms with Gasteiger partial charge >= 0.3 is 0 Å². The topological polar surface area (TPSA) is 45.7 Å². The van der Waals surface area contributed by atoms with Crippen molar-refractivity contribution in [3.63, 3.8) is 0 Å². The van der Waals surface area contributed by atoms with E-state index in [4.69, 9.17) is 4.74 Å². The number of hydrogen-bond donors (Lipinski definition) is 0. The Balaban J connectivity index is 1.73. The summed E-state index contributed by atoms with van der Waals surface area (Å²) in [6.45, 7) is 3.53. The maximum atomic E-state index is 12.8. The number of amides is 1. The molecule has 2 saturated heterocycles. The van der Waals surface area contributed by atoms with Gasteiger partial charge in [-0.2, -0.15) is 11.8 Å². The van der Waals surface area contributed by atoms with E-state index in [0.717, 1.165) is 50.5 Å². The standard InChI is InChI=1S/C16H23N3O2S/c1-18-7-3-8-19(10-9-18)16(20)14-4-2-6-17-15(14)21-13-5-11-22-12-13/h2,4,6,13H,3,5,7-12H2,1H3. The molecule has 22 heavy (non-hydrogen) atoms. The molecule has 0 saturated carbocycles. The number of likely N-dealkylation sites (N-methyl/N-ethyl adjacent to an activating group) is 1. The van der Waals surface area contributed by atoms with Crippen molar-refractivity contribution in [3.8, 4) is 5.88 Å². The number of ether oxygens (including phenoxy) is 1.